The second-order valence-electron chi connectivity index (χ2n) is 4.55. The molecule has 1 aliphatic carbocycles. The molecule has 0 radical (unpaired) electrons. The molecule has 1 saturated carbocycles. The van der Waals surface area contributed by atoms with Gasteiger partial charge in [-0.2, -0.15) is 0 Å². The van der Waals surface area contributed by atoms with Crippen molar-refractivity contribution in [3.8, 4) is 17.2 Å². The summed E-state index contributed by atoms with van der Waals surface area (Å²) in [5, 5.41) is 3.58. The number of ether oxygens (including phenoxy) is 3. The Labute approximate surface area is 93.5 Å². The molecule has 84 valence electrons. The highest BCUT2D eigenvalue weighted by Crippen LogP contribution is 2.43. The van der Waals surface area contributed by atoms with Gasteiger partial charge in [-0.3, -0.25) is 0 Å². The summed E-state index contributed by atoms with van der Waals surface area (Å²) in [6.45, 7) is 1.04. The van der Waals surface area contributed by atoms with E-state index in [9.17, 15) is 0 Å². The number of benzene rings is 1. The van der Waals surface area contributed by atoms with Crippen molar-refractivity contribution in [1.29, 1.82) is 0 Å². The van der Waals surface area contributed by atoms with E-state index < -0.39 is 0 Å². The van der Waals surface area contributed by atoms with Gasteiger partial charge < -0.3 is 19.5 Å². The summed E-state index contributed by atoms with van der Waals surface area (Å²) in [6, 6.07) is 4.98. The SMILES string of the molecule is c1c2c(cc3c1OCC3NC1CC1)OCO2. The zero-order valence-electron chi connectivity index (χ0n) is 8.86. The minimum Gasteiger partial charge on any atom is -0.491 e. The van der Waals surface area contributed by atoms with E-state index >= 15 is 0 Å². The highest BCUT2D eigenvalue weighted by Gasteiger charge is 2.32. The Morgan fingerprint density at radius 2 is 1.81 bits per heavy atom. The molecular formula is C12H13NO3. The lowest BCUT2D eigenvalue weighted by atomic mass is 10.1. The molecule has 1 unspecified atom stereocenters. The van der Waals surface area contributed by atoms with E-state index in [4.69, 9.17) is 14.2 Å². The summed E-state index contributed by atoms with van der Waals surface area (Å²) >= 11 is 0. The Morgan fingerprint density at radius 1 is 1.00 bits per heavy atom. The number of hydrogen-bond donors (Lipinski definition) is 1. The van der Waals surface area contributed by atoms with Crippen LogP contribution >= 0.6 is 0 Å². The summed E-state index contributed by atoms with van der Waals surface area (Å²) in [5.74, 6) is 2.57. The van der Waals surface area contributed by atoms with Crippen LogP contribution in [0.1, 0.15) is 24.4 Å². The molecule has 4 rings (SSSR count). The van der Waals surface area contributed by atoms with Crippen LogP contribution in [0.5, 0.6) is 17.2 Å². The molecule has 1 aromatic carbocycles. The highest BCUT2D eigenvalue weighted by atomic mass is 16.7. The van der Waals surface area contributed by atoms with Crippen LogP contribution in [-0.4, -0.2) is 19.4 Å². The lowest BCUT2D eigenvalue weighted by molar-refractivity contribution is 0.173. The van der Waals surface area contributed by atoms with E-state index in [1.807, 2.05) is 12.1 Å². The molecule has 2 aliphatic heterocycles. The fraction of sp³-hybridized carbons (Fsp3) is 0.500. The number of nitrogens with one attached hydrogen (secondary N) is 1. The predicted octanol–water partition coefficient (Wildman–Crippen LogP) is 1.60. The summed E-state index contributed by atoms with van der Waals surface area (Å²) in [5.41, 5.74) is 1.20. The van der Waals surface area contributed by atoms with Crippen LogP contribution in [-0.2, 0) is 0 Å². The average Bonchev–Trinajstić information content (AvgIpc) is 2.85. The minimum absolute atomic E-state index is 0.317. The first-order valence-corrected chi connectivity index (χ1v) is 5.72. The average molecular weight is 219 g/mol. The van der Waals surface area contributed by atoms with Gasteiger partial charge >= 0.3 is 0 Å². The summed E-state index contributed by atoms with van der Waals surface area (Å²) < 4.78 is 16.4. The van der Waals surface area contributed by atoms with Gasteiger partial charge in [-0.1, -0.05) is 0 Å². The monoisotopic (exact) mass is 219 g/mol. The van der Waals surface area contributed by atoms with E-state index in [0.29, 0.717) is 25.5 Å². The Morgan fingerprint density at radius 3 is 2.62 bits per heavy atom. The molecule has 0 saturated heterocycles. The van der Waals surface area contributed by atoms with E-state index in [1.54, 1.807) is 0 Å². The molecule has 16 heavy (non-hydrogen) atoms. The van der Waals surface area contributed by atoms with Crippen LogP contribution in [0.3, 0.4) is 0 Å². The highest BCUT2D eigenvalue weighted by molar-refractivity contribution is 5.54. The molecule has 0 bridgehead atoms. The quantitative estimate of drug-likeness (QED) is 0.820. The molecule has 1 aromatic rings. The van der Waals surface area contributed by atoms with Gasteiger partial charge in [0.1, 0.15) is 12.4 Å². The van der Waals surface area contributed by atoms with Crippen molar-refractivity contribution in [3.63, 3.8) is 0 Å². The van der Waals surface area contributed by atoms with Gasteiger partial charge in [0.05, 0.1) is 6.04 Å². The predicted molar refractivity (Wildman–Crippen MR) is 57.0 cm³/mol. The standard InChI is InChI=1S/C12H13NO3/c1-2-7(1)13-9-5-14-10-4-12-11(3-8(9)10)15-6-16-12/h3-4,7,9,13H,1-2,5-6H2. The zero-order valence-corrected chi connectivity index (χ0v) is 8.86. The molecule has 1 fully saturated rings. The number of hydrogen-bond acceptors (Lipinski definition) is 4. The van der Waals surface area contributed by atoms with Gasteiger partial charge in [-0.25, -0.2) is 0 Å². The Balaban J connectivity index is 1.69. The maximum Gasteiger partial charge on any atom is 0.231 e. The van der Waals surface area contributed by atoms with E-state index in [2.05, 4.69) is 5.32 Å². The molecule has 0 amide bonds. The van der Waals surface area contributed by atoms with Crippen molar-refractivity contribution in [2.75, 3.05) is 13.4 Å². The minimum atomic E-state index is 0.317. The normalized spacial score (nSPS) is 25.4. The van der Waals surface area contributed by atoms with Crippen molar-refractivity contribution >= 4 is 0 Å². The first-order valence-electron chi connectivity index (χ1n) is 5.72. The van der Waals surface area contributed by atoms with E-state index in [-0.39, 0.29) is 0 Å². The van der Waals surface area contributed by atoms with Gasteiger partial charge in [0.25, 0.3) is 0 Å². The molecule has 1 N–H and O–H groups in total. The maximum absolute atomic E-state index is 5.67. The van der Waals surface area contributed by atoms with Gasteiger partial charge in [0, 0.05) is 17.7 Å². The topological polar surface area (TPSA) is 39.7 Å². The lowest BCUT2D eigenvalue weighted by Crippen LogP contribution is -2.24. The first kappa shape index (κ1) is 8.70. The smallest absolute Gasteiger partial charge is 0.231 e. The molecule has 0 aromatic heterocycles. The van der Waals surface area contributed by atoms with Crippen molar-refractivity contribution in [1.82, 2.24) is 5.32 Å². The first-order chi connectivity index (χ1) is 7.90. The fourth-order valence-electron chi connectivity index (χ4n) is 2.27. The van der Waals surface area contributed by atoms with Crippen LogP contribution in [0.25, 0.3) is 0 Å². The van der Waals surface area contributed by atoms with Gasteiger partial charge in [-0.15, -0.1) is 0 Å². The molecule has 4 heteroatoms. The largest absolute Gasteiger partial charge is 0.491 e. The molecule has 4 nitrogen and oxygen atoms in total. The van der Waals surface area contributed by atoms with Gasteiger partial charge in [0.15, 0.2) is 11.5 Å². The molecule has 1 atom stereocenters. The lowest BCUT2D eigenvalue weighted by Gasteiger charge is -2.10. The number of rotatable bonds is 2. The Bertz CT molecular complexity index is 442. The zero-order chi connectivity index (χ0) is 10.5. The molecule has 3 aliphatic rings. The maximum atomic E-state index is 5.67. The molecule has 0 spiro atoms. The van der Waals surface area contributed by atoms with Crippen LogP contribution in [0, 0.1) is 0 Å². The van der Waals surface area contributed by atoms with Crippen LogP contribution < -0.4 is 19.5 Å². The van der Waals surface area contributed by atoms with Crippen LogP contribution in [0.2, 0.25) is 0 Å². The van der Waals surface area contributed by atoms with E-state index in [0.717, 1.165) is 17.2 Å². The molecule has 2 heterocycles. The van der Waals surface area contributed by atoms with E-state index in [1.165, 1.54) is 18.4 Å². The summed E-state index contributed by atoms with van der Waals surface area (Å²) in [7, 11) is 0. The van der Waals surface area contributed by atoms with Crippen molar-refractivity contribution in [3.05, 3.63) is 17.7 Å². The fourth-order valence-corrected chi connectivity index (χ4v) is 2.27. The summed E-state index contributed by atoms with van der Waals surface area (Å²) in [4.78, 5) is 0. The molecular weight excluding hydrogens is 206 g/mol. The Kier molecular flexibility index (Phi) is 1.65. The van der Waals surface area contributed by atoms with Crippen LogP contribution in [0.4, 0.5) is 0 Å². The van der Waals surface area contributed by atoms with Gasteiger partial charge in [-0.05, 0) is 18.9 Å². The summed E-state index contributed by atoms with van der Waals surface area (Å²) in [6.07, 6.45) is 2.58. The van der Waals surface area contributed by atoms with Gasteiger partial charge in [0.2, 0.25) is 6.79 Å². The third-order valence-corrected chi connectivity index (χ3v) is 3.30. The third kappa shape index (κ3) is 1.26. The Hall–Kier alpha value is -1.42. The third-order valence-electron chi connectivity index (χ3n) is 3.30. The van der Waals surface area contributed by atoms with Crippen molar-refractivity contribution in [2.45, 2.75) is 24.9 Å². The van der Waals surface area contributed by atoms with Crippen molar-refractivity contribution < 1.29 is 14.2 Å². The second kappa shape index (κ2) is 3.04. The number of fused-ring (bicyclic) bond motifs is 2. The second-order valence-corrected chi connectivity index (χ2v) is 4.55. The van der Waals surface area contributed by atoms with Crippen molar-refractivity contribution in [2.24, 2.45) is 0 Å². The van der Waals surface area contributed by atoms with Crippen LogP contribution in [0.15, 0.2) is 12.1 Å².